The van der Waals surface area contributed by atoms with Gasteiger partial charge in [0, 0.05) is 0 Å². The van der Waals surface area contributed by atoms with E-state index in [2.05, 4.69) is 0 Å². The quantitative estimate of drug-likeness (QED) is 0.0870. The van der Waals surface area contributed by atoms with Gasteiger partial charge in [-0.1, -0.05) is 0 Å². The van der Waals surface area contributed by atoms with Gasteiger partial charge in [-0.05, 0) is 75.5 Å². The third-order valence-electron chi connectivity index (χ3n) is 14.1. The molecule has 0 spiro atoms. The fourth-order valence-electron chi connectivity index (χ4n) is 12.2. The van der Waals surface area contributed by atoms with Gasteiger partial charge in [-0.3, -0.25) is 57.5 Å². The number of rotatable bonds is 12. The van der Waals surface area contributed by atoms with Crippen molar-refractivity contribution in [3.8, 4) is 0 Å². The molecule has 0 aromatic carbocycles. The summed E-state index contributed by atoms with van der Waals surface area (Å²) in [5.74, 6) is -36.5. The van der Waals surface area contributed by atoms with E-state index in [1.54, 1.807) is 0 Å². The van der Waals surface area contributed by atoms with Gasteiger partial charge in [-0.15, -0.1) is 0 Å². The Balaban J connectivity index is 1.43. The highest BCUT2D eigenvalue weighted by atomic mass is 16.6. The van der Waals surface area contributed by atoms with E-state index in [0.717, 1.165) is 0 Å². The Kier molecular flexibility index (Phi) is 8.29. The van der Waals surface area contributed by atoms with E-state index in [4.69, 9.17) is 9.47 Å². The van der Waals surface area contributed by atoms with E-state index in [9.17, 15) is 98.4 Å². The molecule has 8 N–H and O–H groups in total. The minimum absolute atomic E-state index is 0.218. The Bertz CT molecular complexity index is 1920. The molecule has 0 heterocycles. The third-order valence-corrected chi connectivity index (χ3v) is 14.1. The van der Waals surface area contributed by atoms with Crippen LogP contribution in [0.4, 0.5) is 0 Å². The molecule has 10 unspecified atom stereocenters. The topological polar surface area (TPSA) is 385 Å². The summed E-state index contributed by atoms with van der Waals surface area (Å²) in [4.78, 5) is 158. The van der Waals surface area contributed by atoms with Gasteiger partial charge in [0.2, 0.25) is 0 Å². The Morgan fingerprint density at radius 2 is 0.600 bits per heavy atom. The van der Waals surface area contributed by atoms with Gasteiger partial charge in [0.05, 0.1) is 34.0 Å². The molecule has 6 aliphatic rings. The molecule has 6 fully saturated rings. The van der Waals surface area contributed by atoms with Crippen molar-refractivity contribution >= 4 is 71.6 Å². The van der Waals surface area contributed by atoms with Gasteiger partial charge < -0.3 is 50.3 Å². The molecule has 0 aliphatic heterocycles. The fourth-order valence-corrected chi connectivity index (χ4v) is 12.2. The molecule has 55 heavy (non-hydrogen) atoms. The number of carbonyl (C=O) groups excluding carboxylic acids is 4. The van der Waals surface area contributed by atoms with E-state index in [-0.39, 0.29) is 19.3 Å². The Morgan fingerprint density at radius 3 is 0.855 bits per heavy atom. The lowest BCUT2D eigenvalue weighted by Gasteiger charge is -2.44. The maximum atomic E-state index is 14.3. The van der Waals surface area contributed by atoms with Crippen molar-refractivity contribution in [2.45, 2.75) is 57.8 Å². The van der Waals surface area contributed by atoms with E-state index < -0.39 is 178 Å². The number of ether oxygens (including phenoxy) is 2. The molecule has 0 aromatic rings. The van der Waals surface area contributed by atoms with Crippen molar-refractivity contribution in [3.05, 3.63) is 0 Å². The lowest BCUT2D eigenvalue weighted by molar-refractivity contribution is -0.210. The number of hydrogen-bond donors (Lipinski definition) is 8. The van der Waals surface area contributed by atoms with Crippen molar-refractivity contribution in [2.75, 3.05) is 0 Å². The van der Waals surface area contributed by atoms with Crippen LogP contribution in [0.5, 0.6) is 0 Å². The molecule has 6 saturated carbocycles. The molecule has 296 valence electrons. The van der Waals surface area contributed by atoms with E-state index >= 15 is 0 Å². The first-order chi connectivity index (χ1) is 25.5. The van der Waals surface area contributed by atoms with Crippen LogP contribution in [0.2, 0.25) is 0 Å². The molecular formula is C33H32O22. The average Bonchev–Trinajstić information content (AvgIpc) is 3.92. The molecule has 0 radical (unpaired) electrons. The number of carboxylic acid groups (broad SMARTS) is 8. The molecule has 0 amide bonds. The zero-order chi connectivity index (χ0) is 41.2. The number of aliphatic carboxylic acids is 8. The first-order valence-electron chi connectivity index (χ1n) is 16.9. The summed E-state index contributed by atoms with van der Waals surface area (Å²) < 4.78 is 9.98. The monoisotopic (exact) mass is 780 g/mol. The summed E-state index contributed by atoms with van der Waals surface area (Å²) in [5.41, 5.74) is -19.1. The van der Waals surface area contributed by atoms with Crippen molar-refractivity contribution in [1.29, 1.82) is 0 Å². The third kappa shape index (κ3) is 4.08. The second-order valence-corrected chi connectivity index (χ2v) is 15.5. The number of carboxylic acids is 8. The zero-order valence-electron chi connectivity index (χ0n) is 28.1. The van der Waals surface area contributed by atoms with Crippen LogP contribution in [-0.2, 0) is 67.0 Å². The van der Waals surface area contributed by atoms with Gasteiger partial charge in [0.1, 0.15) is 0 Å². The van der Waals surface area contributed by atoms with Crippen LogP contribution < -0.4 is 0 Å². The normalized spacial score (nSPS) is 38.1. The summed E-state index contributed by atoms with van der Waals surface area (Å²) in [6, 6.07) is 0. The van der Waals surface area contributed by atoms with Gasteiger partial charge in [-0.2, -0.15) is 0 Å². The number of fused-ring (bicyclic) bond motifs is 6. The van der Waals surface area contributed by atoms with Crippen LogP contribution in [0, 0.1) is 68.0 Å². The maximum Gasteiger partial charge on any atom is 0.333 e. The van der Waals surface area contributed by atoms with E-state index in [1.165, 1.54) is 0 Å². The van der Waals surface area contributed by atoms with Crippen molar-refractivity contribution in [2.24, 2.45) is 68.0 Å². The van der Waals surface area contributed by atoms with Crippen LogP contribution in [0.3, 0.4) is 0 Å². The number of hydrogen-bond acceptors (Lipinski definition) is 14. The van der Waals surface area contributed by atoms with E-state index in [0.29, 0.717) is 0 Å². The predicted molar refractivity (Wildman–Crippen MR) is 160 cm³/mol. The second kappa shape index (κ2) is 11.8. The standard InChI is InChI=1S/C33H32O22/c34-16(35)13-10-1-4-28(7-10,31(13,19(40)41)20(42)43)24(50)54-26(52)30-6-3-12(9-30)15(18(38)39)33(30,23(48)49)27(53)55-25(51)29-5-2-11(8-29)14(17(36)37)32(29,21(44)45)22(46)47/h10-15H,1-9H2,(H,34,35)(H,36,37)(H,38,39)(H,40,41)(H,42,43)(H,44,45)(H,46,47)(H,48,49). The van der Waals surface area contributed by atoms with Crippen LogP contribution >= 0.6 is 0 Å². The van der Waals surface area contributed by atoms with Gasteiger partial charge >= 0.3 is 71.6 Å². The van der Waals surface area contributed by atoms with Gasteiger partial charge in [-0.25, -0.2) is 0 Å². The molecule has 10 atom stereocenters. The maximum absolute atomic E-state index is 14.3. The van der Waals surface area contributed by atoms with Crippen molar-refractivity contribution in [3.63, 3.8) is 0 Å². The van der Waals surface area contributed by atoms with Gasteiger partial charge in [0.15, 0.2) is 16.2 Å². The van der Waals surface area contributed by atoms with E-state index in [1.807, 2.05) is 0 Å². The highest BCUT2D eigenvalue weighted by molar-refractivity contribution is 6.16. The average molecular weight is 781 g/mol. The number of carbonyl (C=O) groups is 12. The largest absolute Gasteiger partial charge is 0.481 e. The second-order valence-electron chi connectivity index (χ2n) is 15.5. The molecule has 6 aliphatic carbocycles. The lowest BCUT2D eigenvalue weighted by Crippen LogP contribution is -2.64. The SMILES string of the molecule is O=C(O)C1C2CCC(C(=O)OC(=O)C34CCC(C3)C(C(=O)O)C4(C(=O)O)C(=O)OC(=O)C34CCC(C3)C(C(=O)O)C4(C(=O)O)C(=O)O)(C2)C1(C(=O)O)C(=O)O. The Hall–Kier alpha value is -5.96. The highest BCUT2D eigenvalue weighted by Gasteiger charge is 2.85. The molecule has 6 rings (SSSR count). The summed E-state index contributed by atoms with van der Waals surface area (Å²) in [7, 11) is 0. The minimum atomic E-state index is -3.70. The molecule has 6 bridgehead atoms. The highest BCUT2D eigenvalue weighted by Crippen LogP contribution is 2.72. The zero-order valence-corrected chi connectivity index (χ0v) is 28.1. The predicted octanol–water partition coefficient (Wildman–Crippen LogP) is -0.989. The summed E-state index contributed by atoms with van der Waals surface area (Å²) in [6.45, 7) is 0. The minimum Gasteiger partial charge on any atom is -0.481 e. The van der Waals surface area contributed by atoms with Crippen LogP contribution in [-0.4, -0.2) is 112 Å². The molecule has 0 aromatic heterocycles. The van der Waals surface area contributed by atoms with Crippen molar-refractivity contribution in [1.82, 2.24) is 0 Å². The molecule has 22 heteroatoms. The van der Waals surface area contributed by atoms with Crippen molar-refractivity contribution < 1.29 is 108 Å². The summed E-state index contributed by atoms with van der Waals surface area (Å²) in [6.07, 6.45) is -5.24. The summed E-state index contributed by atoms with van der Waals surface area (Å²) in [5, 5.41) is 81.3. The first kappa shape index (κ1) is 38.8. The molecule has 0 saturated heterocycles. The number of esters is 4. The van der Waals surface area contributed by atoms with Gasteiger partial charge in [0.25, 0.3) is 0 Å². The lowest BCUT2D eigenvalue weighted by atomic mass is 9.56. The summed E-state index contributed by atoms with van der Waals surface area (Å²) >= 11 is 0. The first-order valence-corrected chi connectivity index (χ1v) is 16.9. The van der Waals surface area contributed by atoms with Crippen LogP contribution in [0.15, 0.2) is 0 Å². The van der Waals surface area contributed by atoms with Crippen LogP contribution in [0.25, 0.3) is 0 Å². The van der Waals surface area contributed by atoms with Crippen LogP contribution in [0.1, 0.15) is 57.8 Å². The molecular weight excluding hydrogens is 748 g/mol. The Morgan fingerprint density at radius 1 is 0.364 bits per heavy atom. The smallest absolute Gasteiger partial charge is 0.333 e. The fraction of sp³-hybridized carbons (Fsp3) is 0.636. The Labute approximate surface area is 305 Å². The molecule has 22 nitrogen and oxygen atoms in total.